The molecule has 27 heavy (non-hydrogen) atoms. The number of rotatable bonds is 5. The van der Waals surface area contributed by atoms with Gasteiger partial charge in [-0.3, -0.25) is 0 Å². The van der Waals surface area contributed by atoms with Gasteiger partial charge in [0.1, 0.15) is 0 Å². The maximum atomic E-state index is 12.2. The molecular weight excluding hydrogens is 332 g/mol. The molecule has 0 aliphatic heterocycles. The molecule has 0 N–H and O–H groups in total. The summed E-state index contributed by atoms with van der Waals surface area (Å²) in [5, 5.41) is 1.51. The van der Waals surface area contributed by atoms with E-state index in [1.165, 1.54) is 11.1 Å². The van der Waals surface area contributed by atoms with Crippen molar-refractivity contribution in [1.29, 1.82) is 0 Å². The van der Waals surface area contributed by atoms with E-state index in [0.717, 1.165) is 10.9 Å². The van der Waals surface area contributed by atoms with Gasteiger partial charge in [-0.2, -0.15) is 0 Å². The first-order chi connectivity index (χ1) is 13.3. The van der Waals surface area contributed by atoms with Gasteiger partial charge >= 0.3 is 5.63 Å². The molecule has 1 heterocycles. The smallest absolute Gasteiger partial charge is 0.343 e. The van der Waals surface area contributed by atoms with Crippen LogP contribution in [0.25, 0.3) is 10.8 Å². The van der Waals surface area contributed by atoms with Gasteiger partial charge < -0.3 is 4.42 Å². The van der Waals surface area contributed by atoms with Crippen LogP contribution in [-0.4, -0.2) is 0 Å². The third-order valence-corrected chi connectivity index (χ3v) is 5.04. The van der Waals surface area contributed by atoms with Crippen molar-refractivity contribution in [1.82, 2.24) is 0 Å². The molecular formula is C25H20O2. The van der Waals surface area contributed by atoms with Crippen LogP contribution in [0.2, 0.25) is 0 Å². The van der Waals surface area contributed by atoms with E-state index in [4.69, 9.17) is 4.42 Å². The third kappa shape index (κ3) is 3.22. The SMILES string of the molecule is C=CC(c1coc(=O)c2ccccc12)C(c1ccccc1)c1ccccc1. The van der Waals surface area contributed by atoms with Gasteiger partial charge in [-0.05, 0) is 22.6 Å². The Labute approximate surface area is 158 Å². The summed E-state index contributed by atoms with van der Waals surface area (Å²) in [6, 6.07) is 28.4. The molecule has 3 aromatic carbocycles. The molecule has 0 saturated heterocycles. The van der Waals surface area contributed by atoms with Gasteiger partial charge in [0.15, 0.2) is 0 Å². The average Bonchev–Trinajstić information content (AvgIpc) is 2.74. The van der Waals surface area contributed by atoms with E-state index in [9.17, 15) is 4.79 Å². The first-order valence-electron chi connectivity index (χ1n) is 9.02. The monoisotopic (exact) mass is 352 g/mol. The van der Waals surface area contributed by atoms with E-state index in [2.05, 4.69) is 55.1 Å². The normalized spacial score (nSPS) is 12.2. The van der Waals surface area contributed by atoms with E-state index < -0.39 is 0 Å². The zero-order chi connectivity index (χ0) is 18.6. The van der Waals surface area contributed by atoms with Crippen LogP contribution in [0.5, 0.6) is 0 Å². The molecule has 4 rings (SSSR count). The molecule has 0 aliphatic rings. The van der Waals surface area contributed by atoms with Gasteiger partial charge in [0.05, 0.1) is 11.6 Å². The highest BCUT2D eigenvalue weighted by Gasteiger charge is 2.26. The maximum absolute atomic E-state index is 12.2. The Morgan fingerprint density at radius 2 is 1.26 bits per heavy atom. The molecule has 0 fully saturated rings. The lowest BCUT2D eigenvalue weighted by Gasteiger charge is -2.26. The van der Waals surface area contributed by atoms with Gasteiger partial charge in [0, 0.05) is 17.4 Å². The maximum Gasteiger partial charge on any atom is 0.343 e. The van der Waals surface area contributed by atoms with Crippen molar-refractivity contribution in [3.05, 3.63) is 131 Å². The summed E-state index contributed by atoms with van der Waals surface area (Å²) in [6.07, 6.45) is 3.54. The zero-order valence-corrected chi connectivity index (χ0v) is 14.9. The molecule has 2 nitrogen and oxygen atoms in total. The fourth-order valence-electron chi connectivity index (χ4n) is 3.79. The zero-order valence-electron chi connectivity index (χ0n) is 14.9. The minimum atomic E-state index is -0.312. The highest BCUT2D eigenvalue weighted by Crippen LogP contribution is 2.41. The van der Waals surface area contributed by atoms with Crippen molar-refractivity contribution in [2.75, 3.05) is 0 Å². The lowest BCUT2D eigenvalue weighted by molar-refractivity contribution is 0.507. The van der Waals surface area contributed by atoms with Crippen LogP contribution < -0.4 is 5.63 Å². The fraction of sp³-hybridized carbons (Fsp3) is 0.0800. The quantitative estimate of drug-likeness (QED) is 0.419. The van der Waals surface area contributed by atoms with E-state index in [0.29, 0.717) is 5.39 Å². The molecule has 132 valence electrons. The van der Waals surface area contributed by atoms with Crippen molar-refractivity contribution in [3.8, 4) is 0 Å². The predicted octanol–water partition coefficient (Wildman–Crippen LogP) is 5.89. The highest BCUT2D eigenvalue weighted by atomic mass is 16.4. The Bertz CT molecular complexity index is 1070. The van der Waals surface area contributed by atoms with Gasteiger partial charge in [0.25, 0.3) is 0 Å². The van der Waals surface area contributed by atoms with Gasteiger partial charge in [-0.25, -0.2) is 4.79 Å². The van der Waals surface area contributed by atoms with Crippen LogP contribution >= 0.6 is 0 Å². The van der Waals surface area contributed by atoms with Crippen LogP contribution in [0.4, 0.5) is 0 Å². The van der Waals surface area contributed by atoms with Gasteiger partial charge in [0.2, 0.25) is 0 Å². The molecule has 4 aromatic rings. The standard InChI is InChI=1S/C25H20O2/c1-2-20(23-17-27-25(26)22-16-10-9-15-21(22)23)24(18-11-5-3-6-12-18)19-13-7-4-8-14-19/h2-17,20,24H,1H2. The van der Waals surface area contributed by atoms with Gasteiger partial charge in [-0.15, -0.1) is 6.58 Å². The Hall–Kier alpha value is -3.39. The molecule has 0 radical (unpaired) electrons. The lowest BCUT2D eigenvalue weighted by Crippen LogP contribution is -2.13. The molecule has 0 saturated carbocycles. The number of allylic oxidation sites excluding steroid dienone is 1. The molecule has 1 aromatic heterocycles. The Morgan fingerprint density at radius 1 is 0.741 bits per heavy atom. The summed E-state index contributed by atoms with van der Waals surface area (Å²) in [7, 11) is 0. The minimum Gasteiger partial charge on any atom is -0.431 e. The number of hydrogen-bond donors (Lipinski definition) is 0. The third-order valence-electron chi connectivity index (χ3n) is 5.04. The largest absolute Gasteiger partial charge is 0.431 e. The van der Waals surface area contributed by atoms with E-state index >= 15 is 0 Å². The van der Waals surface area contributed by atoms with E-state index in [1.54, 1.807) is 6.26 Å². The van der Waals surface area contributed by atoms with Crippen molar-refractivity contribution in [2.45, 2.75) is 11.8 Å². The summed E-state index contributed by atoms with van der Waals surface area (Å²) in [6.45, 7) is 4.12. The Kier molecular flexibility index (Phi) is 4.71. The highest BCUT2D eigenvalue weighted by molar-refractivity contribution is 5.85. The summed E-state index contributed by atoms with van der Waals surface area (Å²) >= 11 is 0. The van der Waals surface area contributed by atoms with Crippen molar-refractivity contribution >= 4 is 10.8 Å². The second-order valence-corrected chi connectivity index (χ2v) is 6.58. The molecule has 0 amide bonds. The Balaban J connectivity index is 1.95. The molecule has 0 aliphatic carbocycles. The van der Waals surface area contributed by atoms with Crippen molar-refractivity contribution in [2.24, 2.45) is 0 Å². The lowest BCUT2D eigenvalue weighted by atomic mass is 9.77. The van der Waals surface area contributed by atoms with Crippen LogP contribution in [0.3, 0.4) is 0 Å². The second kappa shape index (κ2) is 7.46. The summed E-state index contributed by atoms with van der Waals surface area (Å²) < 4.78 is 5.37. The van der Waals surface area contributed by atoms with Crippen molar-refractivity contribution < 1.29 is 4.42 Å². The van der Waals surface area contributed by atoms with Crippen LogP contribution in [0, 0.1) is 0 Å². The summed E-state index contributed by atoms with van der Waals surface area (Å²) in [5.41, 5.74) is 3.05. The summed E-state index contributed by atoms with van der Waals surface area (Å²) in [4.78, 5) is 12.2. The predicted molar refractivity (Wildman–Crippen MR) is 110 cm³/mol. The topological polar surface area (TPSA) is 30.2 Å². The minimum absolute atomic E-state index is 0.0379. The first-order valence-corrected chi connectivity index (χ1v) is 9.02. The molecule has 1 atom stereocenters. The molecule has 1 unspecified atom stereocenters. The van der Waals surface area contributed by atoms with Crippen molar-refractivity contribution in [3.63, 3.8) is 0 Å². The average molecular weight is 352 g/mol. The fourth-order valence-corrected chi connectivity index (χ4v) is 3.79. The Morgan fingerprint density at radius 3 is 1.81 bits per heavy atom. The van der Waals surface area contributed by atoms with Gasteiger partial charge in [-0.1, -0.05) is 84.9 Å². The number of benzene rings is 3. The van der Waals surface area contributed by atoms with E-state index in [-0.39, 0.29) is 17.5 Å². The molecule has 0 spiro atoms. The van der Waals surface area contributed by atoms with Crippen LogP contribution in [0.15, 0.2) is 113 Å². The summed E-state index contributed by atoms with van der Waals surface area (Å²) in [5.74, 6) is 0.0325. The van der Waals surface area contributed by atoms with Crippen LogP contribution in [-0.2, 0) is 0 Å². The van der Waals surface area contributed by atoms with Crippen LogP contribution in [0.1, 0.15) is 28.5 Å². The second-order valence-electron chi connectivity index (χ2n) is 6.58. The molecule has 0 bridgehead atoms. The first kappa shape index (κ1) is 17.0. The number of fused-ring (bicyclic) bond motifs is 1. The number of hydrogen-bond acceptors (Lipinski definition) is 2. The van der Waals surface area contributed by atoms with E-state index in [1.807, 2.05) is 42.5 Å². The molecule has 2 heteroatoms.